The zero-order valence-corrected chi connectivity index (χ0v) is 15.6. The summed E-state index contributed by atoms with van der Waals surface area (Å²) in [6, 6.07) is 16.7. The fourth-order valence-corrected chi connectivity index (χ4v) is 3.39. The molecule has 0 radical (unpaired) electrons. The van der Waals surface area contributed by atoms with E-state index in [4.69, 9.17) is 9.47 Å². The first-order valence-electron chi connectivity index (χ1n) is 9.58. The normalized spacial score (nSPS) is 18.1. The van der Waals surface area contributed by atoms with Gasteiger partial charge in [0.1, 0.15) is 5.82 Å². The Morgan fingerprint density at radius 3 is 2.67 bits per heavy atom. The van der Waals surface area contributed by atoms with Gasteiger partial charge in [-0.05, 0) is 24.5 Å². The Labute approximate surface area is 160 Å². The Hall–Kier alpha value is -1.79. The number of rotatable bonds is 10. The number of halogens is 1. The van der Waals surface area contributed by atoms with E-state index in [0.717, 1.165) is 25.0 Å². The van der Waals surface area contributed by atoms with Crippen molar-refractivity contribution in [1.29, 1.82) is 0 Å². The zero-order chi connectivity index (χ0) is 18.9. The number of hydrogen-bond donors (Lipinski definition) is 1. The molecular weight excluding hydrogens is 345 g/mol. The highest BCUT2D eigenvalue weighted by atomic mass is 19.1. The molecule has 0 unspecified atom stereocenters. The van der Waals surface area contributed by atoms with Crippen LogP contribution < -0.4 is 0 Å². The average Bonchev–Trinajstić information content (AvgIpc) is 3.17. The van der Waals surface area contributed by atoms with Crippen LogP contribution in [-0.4, -0.2) is 48.5 Å². The van der Waals surface area contributed by atoms with Gasteiger partial charge in [-0.1, -0.05) is 48.5 Å². The second-order valence-electron chi connectivity index (χ2n) is 7.08. The molecule has 0 saturated carbocycles. The van der Waals surface area contributed by atoms with Gasteiger partial charge in [0.05, 0.1) is 25.4 Å². The first-order chi connectivity index (χ1) is 13.2. The molecule has 1 heterocycles. The Morgan fingerprint density at radius 1 is 1.15 bits per heavy atom. The van der Waals surface area contributed by atoms with Crippen molar-refractivity contribution in [3.05, 3.63) is 71.5 Å². The molecule has 1 fully saturated rings. The molecule has 0 bridgehead atoms. The SMILES string of the molecule is O[C@H](COCc1ccccc1)CN(Cc1ccccc1F)C[C@@H]1CCCO1. The third-order valence-corrected chi connectivity index (χ3v) is 4.73. The van der Waals surface area contributed by atoms with Gasteiger partial charge in [0.25, 0.3) is 0 Å². The highest BCUT2D eigenvalue weighted by Gasteiger charge is 2.22. The van der Waals surface area contributed by atoms with Crippen LogP contribution >= 0.6 is 0 Å². The van der Waals surface area contributed by atoms with Gasteiger partial charge in [0.2, 0.25) is 0 Å². The summed E-state index contributed by atoms with van der Waals surface area (Å²) in [4.78, 5) is 2.06. The van der Waals surface area contributed by atoms with Crippen LogP contribution in [0.25, 0.3) is 0 Å². The van der Waals surface area contributed by atoms with Gasteiger partial charge >= 0.3 is 0 Å². The first kappa shape index (κ1) is 20.0. The number of hydrogen-bond acceptors (Lipinski definition) is 4. The van der Waals surface area contributed by atoms with Gasteiger partial charge in [0.15, 0.2) is 0 Å². The minimum Gasteiger partial charge on any atom is -0.389 e. The quantitative estimate of drug-likeness (QED) is 0.693. The lowest BCUT2D eigenvalue weighted by Gasteiger charge is -2.27. The van der Waals surface area contributed by atoms with E-state index in [1.165, 1.54) is 6.07 Å². The van der Waals surface area contributed by atoms with E-state index in [9.17, 15) is 9.50 Å². The van der Waals surface area contributed by atoms with Gasteiger partial charge in [0, 0.05) is 31.8 Å². The number of aliphatic hydroxyl groups excluding tert-OH is 1. The number of nitrogens with zero attached hydrogens (tertiary/aromatic N) is 1. The molecule has 0 aromatic heterocycles. The van der Waals surface area contributed by atoms with Gasteiger partial charge < -0.3 is 14.6 Å². The number of ether oxygens (including phenoxy) is 2. The predicted molar refractivity (Wildman–Crippen MR) is 103 cm³/mol. The van der Waals surface area contributed by atoms with Gasteiger partial charge in [-0.15, -0.1) is 0 Å². The fraction of sp³-hybridized carbons (Fsp3) is 0.455. The molecule has 3 rings (SSSR count). The molecule has 4 nitrogen and oxygen atoms in total. The van der Waals surface area contributed by atoms with Crippen molar-refractivity contribution in [2.24, 2.45) is 0 Å². The Kier molecular flexibility index (Phi) is 7.78. The van der Waals surface area contributed by atoms with Crippen LogP contribution in [0.2, 0.25) is 0 Å². The lowest BCUT2D eigenvalue weighted by Crippen LogP contribution is -2.39. The molecule has 0 amide bonds. The van der Waals surface area contributed by atoms with Crippen LogP contribution in [-0.2, 0) is 22.6 Å². The standard InChI is InChI=1S/C22H28FNO3/c23-22-11-5-4-9-19(22)13-24(15-21-10-6-12-27-21)14-20(25)17-26-16-18-7-2-1-3-8-18/h1-5,7-9,11,20-21,25H,6,10,12-17H2/t20-,21-/m0/s1. The predicted octanol–water partition coefficient (Wildman–Crippen LogP) is 3.38. The summed E-state index contributed by atoms with van der Waals surface area (Å²) < 4.78 is 25.4. The van der Waals surface area contributed by atoms with Crippen LogP contribution in [0.15, 0.2) is 54.6 Å². The minimum absolute atomic E-state index is 0.147. The van der Waals surface area contributed by atoms with Crippen LogP contribution in [0.5, 0.6) is 0 Å². The maximum Gasteiger partial charge on any atom is 0.127 e. The van der Waals surface area contributed by atoms with Crippen LogP contribution in [0.1, 0.15) is 24.0 Å². The average molecular weight is 373 g/mol. The Bertz CT molecular complexity index is 676. The van der Waals surface area contributed by atoms with E-state index in [1.807, 2.05) is 36.4 Å². The third kappa shape index (κ3) is 6.70. The Morgan fingerprint density at radius 2 is 1.93 bits per heavy atom. The molecule has 27 heavy (non-hydrogen) atoms. The second-order valence-corrected chi connectivity index (χ2v) is 7.08. The second kappa shape index (κ2) is 10.5. The maximum atomic E-state index is 14.0. The molecule has 2 aromatic rings. The van der Waals surface area contributed by atoms with Crippen LogP contribution in [0.3, 0.4) is 0 Å². The molecule has 1 aliphatic heterocycles. The van der Waals surface area contributed by atoms with Crippen molar-refractivity contribution in [1.82, 2.24) is 4.90 Å². The lowest BCUT2D eigenvalue weighted by atomic mass is 10.1. The lowest BCUT2D eigenvalue weighted by molar-refractivity contribution is -0.00308. The van der Waals surface area contributed by atoms with Crippen molar-refractivity contribution in [2.75, 3.05) is 26.3 Å². The fourth-order valence-electron chi connectivity index (χ4n) is 3.39. The Balaban J connectivity index is 1.52. The summed E-state index contributed by atoms with van der Waals surface area (Å²) in [6.07, 6.45) is 1.58. The van der Waals surface area contributed by atoms with Crippen molar-refractivity contribution >= 4 is 0 Å². The van der Waals surface area contributed by atoms with Gasteiger partial charge in [-0.3, -0.25) is 4.90 Å². The summed E-state index contributed by atoms with van der Waals surface area (Å²) in [5.74, 6) is -0.218. The molecule has 2 aromatic carbocycles. The van der Waals surface area contributed by atoms with Crippen molar-refractivity contribution in [2.45, 2.75) is 38.2 Å². The molecule has 5 heteroatoms. The topological polar surface area (TPSA) is 41.9 Å². The summed E-state index contributed by atoms with van der Waals surface area (Å²) in [7, 11) is 0. The van der Waals surface area contributed by atoms with E-state index in [1.54, 1.807) is 12.1 Å². The first-order valence-corrected chi connectivity index (χ1v) is 9.58. The van der Waals surface area contributed by atoms with Gasteiger partial charge in [-0.2, -0.15) is 0 Å². The summed E-state index contributed by atoms with van der Waals surface area (Å²) in [5, 5.41) is 10.4. The highest BCUT2D eigenvalue weighted by molar-refractivity contribution is 5.17. The van der Waals surface area contributed by atoms with E-state index in [2.05, 4.69) is 4.90 Å². The monoisotopic (exact) mass is 373 g/mol. The molecule has 1 N–H and O–H groups in total. The van der Waals surface area contributed by atoms with Crippen molar-refractivity contribution in [3.8, 4) is 0 Å². The van der Waals surface area contributed by atoms with Crippen LogP contribution in [0.4, 0.5) is 4.39 Å². The van der Waals surface area contributed by atoms with E-state index >= 15 is 0 Å². The molecule has 146 valence electrons. The van der Waals surface area contributed by atoms with E-state index < -0.39 is 6.10 Å². The molecular formula is C22H28FNO3. The molecule has 1 aliphatic rings. The number of aliphatic hydroxyl groups is 1. The third-order valence-electron chi connectivity index (χ3n) is 4.73. The summed E-state index contributed by atoms with van der Waals surface area (Å²) >= 11 is 0. The van der Waals surface area contributed by atoms with Crippen molar-refractivity contribution < 1.29 is 19.0 Å². The van der Waals surface area contributed by atoms with Crippen LogP contribution in [0, 0.1) is 5.82 Å². The molecule has 0 spiro atoms. The largest absolute Gasteiger partial charge is 0.389 e. The minimum atomic E-state index is -0.637. The summed E-state index contributed by atoms with van der Waals surface area (Å²) in [6.45, 7) is 3.04. The smallest absolute Gasteiger partial charge is 0.127 e. The molecule has 2 atom stereocenters. The number of benzene rings is 2. The van der Waals surface area contributed by atoms with Crippen molar-refractivity contribution in [3.63, 3.8) is 0 Å². The van der Waals surface area contributed by atoms with E-state index in [0.29, 0.717) is 31.8 Å². The highest BCUT2D eigenvalue weighted by Crippen LogP contribution is 2.17. The molecule has 1 saturated heterocycles. The molecule has 0 aliphatic carbocycles. The maximum absolute atomic E-state index is 14.0. The van der Waals surface area contributed by atoms with Gasteiger partial charge in [-0.25, -0.2) is 4.39 Å². The van der Waals surface area contributed by atoms with E-state index in [-0.39, 0.29) is 18.5 Å². The summed E-state index contributed by atoms with van der Waals surface area (Å²) in [5.41, 5.74) is 1.71. The zero-order valence-electron chi connectivity index (χ0n) is 15.6.